The molecular formula is C20H14Cl5F3N4O3. The van der Waals surface area contributed by atoms with Crippen LogP contribution in [-0.2, 0) is 4.79 Å². The van der Waals surface area contributed by atoms with E-state index < -0.39 is 46.7 Å². The van der Waals surface area contributed by atoms with E-state index in [9.17, 15) is 27.6 Å². The molecule has 2 aromatic rings. The molecule has 0 radical (unpaired) electrons. The van der Waals surface area contributed by atoms with Gasteiger partial charge in [-0.05, 0) is 42.0 Å². The van der Waals surface area contributed by atoms with E-state index in [0.717, 1.165) is 0 Å². The van der Waals surface area contributed by atoms with E-state index in [-0.39, 0.29) is 16.3 Å². The molecule has 2 aromatic carbocycles. The fourth-order valence-electron chi connectivity index (χ4n) is 3.22. The smallest absolute Gasteiger partial charge is 0.326 e. The predicted octanol–water partition coefficient (Wildman–Crippen LogP) is 5.68. The van der Waals surface area contributed by atoms with Gasteiger partial charge in [0, 0.05) is 21.7 Å². The van der Waals surface area contributed by atoms with Gasteiger partial charge in [0.1, 0.15) is 4.33 Å². The van der Waals surface area contributed by atoms with Gasteiger partial charge in [-0.25, -0.2) is 23.4 Å². The molecule has 4 amide bonds. The first kappa shape index (κ1) is 27.5. The maximum absolute atomic E-state index is 12.8. The highest BCUT2D eigenvalue weighted by atomic mass is 35.5. The molecule has 35 heavy (non-hydrogen) atoms. The fraction of sp³-hybridized carbons (Fsp3) is 0.250. The monoisotopic (exact) mass is 590 g/mol. The standard InChI is InChI=1S/C20H14Cl5F3N4O3/c21-8-3-7(4-9(22)5-8)13-14(20(13,24)25)18(34)29-10-1-2-12(23)11(6-10)17(33)31-32-19(35)30-16(28)15(26)27/h1-6,13-16H,(H,29,34)(H,31,33)(H2,30,32,35). The Morgan fingerprint density at radius 3 is 2.14 bits per heavy atom. The Morgan fingerprint density at radius 2 is 1.54 bits per heavy atom. The van der Waals surface area contributed by atoms with Gasteiger partial charge in [0.2, 0.25) is 12.2 Å². The third-order valence-electron chi connectivity index (χ3n) is 4.84. The maximum atomic E-state index is 12.8. The second-order valence-electron chi connectivity index (χ2n) is 7.31. The molecule has 3 atom stereocenters. The number of carbonyl (C=O) groups excluding carboxylic acids is 3. The Balaban J connectivity index is 1.67. The number of carbonyl (C=O) groups is 3. The van der Waals surface area contributed by atoms with E-state index in [1.807, 2.05) is 5.43 Å². The summed E-state index contributed by atoms with van der Waals surface area (Å²) in [6, 6.07) is 7.14. The third-order valence-corrected chi connectivity index (χ3v) is 6.54. The van der Waals surface area contributed by atoms with Crippen LogP contribution >= 0.6 is 58.0 Å². The van der Waals surface area contributed by atoms with Crippen molar-refractivity contribution < 1.29 is 27.6 Å². The number of rotatable bonds is 6. The number of hydrazine groups is 1. The molecule has 1 aliphatic rings. The summed E-state index contributed by atoms with van der Waals surface area (Å²) in [6.45, 7) is 0. The Bertz CT molecular complexity index is 1150. The van der Waals surface area contributed by atoms with Gasteiger partial charge in [-0.15, -0.1) is 23.2 Å². The SMILES string of the molecule is O=C(NNC(=O)c1cc(NC(=O)C2C(c3cc(Cl)cc(Cl)c3)C2(Cl)Cl)ccc1Cl)NC(F)C(F)F. The normalized spacial score (nSPS) is 19.0. The van der Waals surface area contributed by atoms with Crippen molar-refractivity contribution in [3.05, 3.63) is 62.6 Å². The summed E-state index contributed by atoms with van der Waals surface area (Å²) < 4.78 is 35.7. The van der Waals surface area contributed by atoms with Crippen molar-refractivity contribution in [2.75, 3.05) is 5.32 Å². The van der Waals surface area contributed by atoms with Crippen molar-refractivity contribution in [2.24, 2.45) is 5.92 Å². The number of halogens is 8. The van der Waals surface area contributed by atoms with Gasteiger partial charge in [-0.2, -0.15) is 0 Å². The van der Waals surface area contributed by atoms with E-state index >= 15 is 0 Å². The van der Waals surface area contributed by atoms with Crippen molar-refractivity contribution >= 4 is 81.5 Å². The van der Waals surface area contributed by atoms with Crippen LogP contribution in [0.2, 0.25) is 15.1 Å². The highest BCUT2D eigenvalue weighted by molar-refractivity contribution is 6.53. The van der Waals surface area contributed by atoms with Gasteiger partial charge in [0.25, 0.3) is 12.3 Å². The molecule has 4 N–H and O–H groups in total. The summed E-state index contributed by atoms with van der Waals surface area (Å²) in [4.78, 5) is 36.5. The number of benzene rings is 2. The summed E-state index contributed by atoms with van der Waals surface area (Å²) in [5.74, 6) is -3.02. The molecule has 7 nitrogen and oxygen atoms in total. The average molecular weight is 593 g/mol. The van der Waals surface area contributed by atoms with Crippen LogP contribution in [0, 0.1) is 5.92 Å². The summed E-state index contributed by atoms with van der Waals surface area (Å²) in [7, 11) is 0. The van der Waals surface area contributed by atoms with E-state index in [1.54, 1.807) is 17.6 Å². The highest BCUT2D eigenvalue weighted by Gasteiger charge is 2.67. The van der Waals surface area contributed by atoms with Gasteiger partial charge < -0.3 is 10.6 Å². The lowest BCUT2D eigenvalue weighted by Gasteiger charge is -2.13. The van der Waals surface area contributed by atoms with Crippen LogP contribution in [-0.4, -0.2) is 34.9 Å². The Hall–Kier alpha value is -2.11. The molecule has 1 aliphatic carbocycles. The van der Waals surface area contributed by atoms with E-state index in [2.05, 4.69) is 5.32 Å². The van der Waals surface area contributed by atoms with Crippen molar-refractivity contribution in [3.8, 4) is 0 Å². The van der Waals surface area contributed by atoms with Crippen LogP contribution in [0.25, 0.3) is 0 Å². The van der Waals surface area contributed by atoms with E-state index in [1.165, 1.54) is 29.6 Å². The number of hydrogen-bond acceptors (Lipinski definition) is 3. The minimum absolute atomic E-state index is 0.0689. The zero-order valence-electron chi connectivity index (χ0n) is 17.0. The zero-order valence-corrected chi connectivity index (χ0v) is 20.8. The maximum Gasteiger partial charge on any atom is 0.335 e. The second-order valence-corrected chi connectivity index (χ2v) is 10.0. The van der Waals surface area contributed by atoms with Crippen molar-refractivity contribution in [1.29, 1.82) is 0 Å². The fourth-order valence-corrected chi connectivity index (χ4v) is 4.80. The number of alkyl halides is 5. The van der Waals surface area contributed by atoms with Crippen molar-refractivity contribution in [2.45, 2.75) is 23.0 Å². The first-order valence-corrected chi connectivity index (χ1v) is 11.4. The van der Waals surface area contributed by atoms with Gasteiger partial charge in [-0.3, -0.25) is 15.0 Å². The zero-order chi connectivity index (χ0) is 26.1. The number of amides is 4. The van der Waals surface area contributed by atoms with Crippen LogP contribution in [0.3, 0.4) is 0 Å². The lowest BCUT2D eigenvalue weighted by atomic mass is 10.1. The molecule has 1 saturated carbocycles. The number of nitrogens with one attached hydrogen (secondary N) is 4. The molecule has 3 rings (SSSR count). The first-order valence-electron chi connectivity index (χ1n) is 9.54. The summed E-state index contributed by atoms with van der Waals surface area (Å²) in [5, 5.41) is 4.46. The van der Waals surface area contributed by atoms with Crippen LogP contribution in [0.1, 0.15) is 21.8 Å². The molecule has 1 fully saturated rings. The Kier molecular flexibility index (Phi) is 8.54. The quantitative estimate of drug-likeness (QED) is 0.197. The van der Waals surface area contributed by atoms with Crippen molar-refractivity contribution in [3.63, 3.8) is 0 Å². The Labute approximate surface area is 221 Å². The molecule has 0 saturated heterocycles. The van der Waals surface area contributed by atoms with Crippen LogP contribution < -0.4 is 21.5 Å². The molecule has 15 heteroatoms. The average Bonchev–Trinajstić information content (AvgIpc) is 3.34. The largest absolute Gasteiger partial charge is 0.335 e. The minimum atomic E-state index is -3.45. The molecule has 0 bridgehead atoms. The van der Waals surface area contributed by atoms with Gasteiger partial charge >= 0.3 is 6.03 Å². The van der Waals surface area contributed by atoms with Crippen LogP contribution in [0.5, 0.6) is 0 Å². The van der Waals surface area contributed by atoms with Gasteiger partial charge in [0.15, 0.2) is 0 Å². The lowest BCUT2D eigenvalue weighted by molar-refractivity contribution is -0.117. The molecule has 0 heterocycles. The number of urea groups is 1. The minimum Gasteiger partial charge on any atom is -0.326 e. The van der Waals surface area contributed by atoms with E-state index in [0.29, 0.717) is 15.6 Å². The molecule has 0 aliphatic heterocycles. The molecule has 0 spiro atoms. The summed E-state index contributed by atoms with van der Waals surface area (Å²) >= 11 is 30.7. The highest BCUT2D eigenvalue weighted by Crippen LogP contribution is 2.65. The number of hydrogen-bond donors (Lipinski definition) is 4. The summed E-state index contributed by atoms with van der Waals surface area (Å²) in [5.41, 5.74) is 4.07. The first-order chi connectivity index (χ1) is 16.3. The van der Waals surface area contributed by atoms with Gasteiger partial charge in [-0.1, -0.05) is 34.8 Å². The molecule has 0 aromatic heterocycles. The Morgan fingerprint density at radius 1 is 0.914 bits per heavy atom. The predicted molar refractivity (Wildman–Crippen MR) is 127 cm³/mol. The van der Waals surface area contributed by atoms with Crippen LogP contribution in [0.4, 0.5) is 23.7 Å². The van der Waals surface area contributed by atoms with E-state index in [4.69, 9.17) is 58.0 Å². The third kappa shape index (κ3) is 6.56. The number of anilines is 1. The van der Waals surface area contributed by atoms with Gasteiger partial charge in [0.05, 0.1) is 16.5 Å². The lowest BCUT2D eigenvalue weighted by Crippen LogP contribution is -2.50. The van der Waals surface area contributed by atoms with Crippen LogP contribution in [0.15, 0.2) is 36.4 Å². The molecule has 3 unspecified atom stereocenters. The molecule has 188 valence electrons. The molecular weight excluding hydrogens is 579 g/mol. The topological polar surface area (TPSA) is 99.3 Å². The van der Waals surface area contributed by atoms with Crippen molar-refractivity contribution in [1.82, 2.24) is 16.2 Å². The second kappa shape index (κ2) is 10.9. The summed E-state index contributed by atoms with van der Waals surface area (Å²) in [6.07, 6.45) is -6.38.